The molecule has 9 rings (SSSR count). The molecular weight excluding hydrogens is 617 g/mol. The number of hydrogen-bond donors (Lipinski definition) is 1. The summed E-state index contributed by atoms with van der Waals surface area (Å²) in [6.07, 6.45) is 11.7. The summed E-state index contributed by atoms with van der Waals surface area (Å²) in [4.78, 5) is 18.9. The molecule has 8 nitrogen and oxygen atoms in total. The standard InChI is InChI=1S/C37H37F3N6O2/c1-2-24-26(39)13-12-21-7-3-9-25(29(21)24)32-31(40)33-30-34(44-36(43-33)47-20-37-14-6-16-45(37)18-22(38)17-37)46(19-23-8-5-15-41-23)27-10-4-11-28(27)48-35(30)42-32/h1,3,7,9,12-13,22-23,27-28,41H,4-6,8,10-11,14-20H2/t22-,23-,27?,28?,37+/m1/s1. The molecule has 2 aromatic carbocycles. The van der Waals surface area contributed by atoms with E-state index in [0.717, 1.165) is 58.0 Å². The maximum Gasteiger partial charge on any atom is 0.319 e. The zero-order valence-corrected chi connectivity index (χ0v) is 26.7. The smallest absolute Gasteiger partial charge is 0.319 e. The van der Waals surface area contributed by atoms with Gasteiger partial charge in [0.05, 0.1) is 17.1 Å². The number of alkyl halides is 1. The van der Waals surface area contributed by atoms with Gasteiger partial charge >= 0.3 is 6.01 Å². The number of halogens is 3. The number of hydrogen-bond acceptors (Lipinski definition) is 8. The van der Waals surface area contributed by atoms with E-state index in [1.54, 1.807) is 18.2 Å². The van der Waals surface area contributed by atoms with Crippen molar-refractivity contribution in [1.82, 2.24) is 25.2 Å². The van der Waals surface area contributed by atoms with Crippen LogP contribution in [-0.2, 0) is 0 Å². The van der Waals surface area contributed by atoms with Crippen LogP contribution in [0.1, 0.15) is 56.9 Å². The van der Waals surface area contributed by atoms with Gasteiger partial charge in [-0.15, -0.1) is 6.42 Å². The number of nitrogens with one attached hydrogen (secondary N) is 1. The Labute approximate surface area is 277 Å². The molecule has 4 aromatic rings. The molecule has 0 radical (unpaired) electrons. The third-order valence-electron chi connectivity index (χ3n) is 11.3. The first-order valence-corrected chi connectivity index (χ1v) is 17.2. The van der Waals surface area contributed by atoms with E-state index >= 15 is 8.78 Å². The van der Waals surface area contributed by atoms with Gasteiger partial charge in [0.2, 0.25) is 5.88 Å². The Hall–Kier alpha value is -4.14. The summed E-state index contributed by atoms with van der Waals surface area (Å²) in [6.45, 7) is 3.06. The van der Waals surface area contributed by atoms with Crippen LogP contribution in [-0.4, -0.2) is 82.5 Å². The van der Waals surface area contributed by atoms with Crippen molar-refractivity contribution in [3.05, 3.63) is 47.5 Å². The summed E-state index contributed by atoms with van der Waals surface area (Å²) < 4.78 is 59.9. The molecule has 248 valence electrons. The number of rotatable bonds is 6. The number of benzene rings is 2. The van der Waals surface area contributed by atoms with Crippen molar-refractivity contribution < 1.29 is 22.6 Å². The number of anilines is 1. The fourth-order valence-electron chi connectivity index (χ4n) is 9.05. The normalized spacial score (nSPS) is 28.0. The Morgan fingerprint density at radius 2 is 1.98 bits per heavy atom. The second-order valence-electron chi connectivity index (χ2n) is 14.1. The molecule has 1 N–H and O–H groups in total. The maximum atomic E-state index is 17.2. The molecule has 2 aromatic heterocycles. The molecule has 11 heteroatoms. The van der Waals surface area contributed by atoms with Crippen molar-refractivity contribution in [3.63, 3.8) is 0 Å². The summed E-state index contributed by atoms with van der Waals surface area (Å²) >= 11 is 0. The zero-order valence-electron chi connectivity index (χ0n) is 26.7. The first-order chi connectivity index (χ1) is 23.4. The van der Waals surface area contributed by atoms with Gasteiger partial charge in [-0.1, -0.05) is 30.2 Å². The number of pyridine rings is 1. The van der Waals surface area contributed by atoms with Crippen LogP contribution in [0.5, 0.6) is 11.9 Å². The fraction of sp³-hybridized carbons (Fsp3) is 0.486. The van der Waals surface area contributed by atoms with Crippen LogP contribution in [0.15, 0.2) is 30.3 Å². The van der Waals surface area contributed by atoms with E-state index in [1.807, 2.05) is 6.07 Å². The minimum Gasteiger partial charge on any atom is -0.472 e. The highest BCUT2D eigenvalue weighted by molar-refractivity contribution is 6.03. The Morgan fingerprint density at radius 3 is 2.83 bits per heavy atom. The van der Waals surface area contributed by atoms with Crippen molar-refractivity contribution in [2.45, 2.75) is 81.3 Å². The van der Waals surface area contributed by atoms with E-state index in [4.69, 9.17) is 30.8 Å². The van der Waals surface area contributed by atoms with Gasteiger partial charge in [-0.25, -0.2) is 18.2 Å². The van der Waals surface area contributed by atoms with Gasteiger partial charge in [-0.3, -0.25) is 4.90 Å². The molecule has 2 unspecified atom stereocenters. The maximum absolute atomic E-state index is 17.2. The molecule has 6 heterocycles. The molecule has 48 heavy (non-hydrogen) atoms. The molecule has 4 aliphatic heterocycles. The predicted octanol–water partition coefficient (Wildman–Crippen LogP) is 5.93. The highest BCUT2D eigenvalue weighted by Gasteiger charge is 2.49. The fourth-order valence-corrected chi connectivity index (χ4v) is 9.05. The number of nitrogens with zero attached hydrogens (tertiary/aromatic N) is 5. The summed E-state index contributed by atoms with van der Waals surface area (Å²) in [5.74, 6) is 1.98. The Bertz CT molecular complexity index is 1980. The largest absolute Gasteiger partial charge is 0.472 e. The lowest BCUT2D eigenvalue weighted by Gasteiger charge is -2.34. The van der Waals surface area contributed by atoms with Crippen molar-refractivity contribution in [3.8, 4) is 35.5 Å². The minimum atomic E-state index is -0.908. The molecule has 1 aliphatic carbocycles. The quantitative estimate of drug-likeness (QED) is 0.257. The van der Waals surface area contributed by atoms with Gasteiger partial charge in [0.15, 0.2) is 5.82 Å². The number of fused-ring (bicyclic) bond motifs is 3. The second-order valence-corrected chi connectivity index (χ2v) is 14.1. The van der Waals surface area contributed by atoms with Crippen LogP contribution in [0.2, 0.25) is 0 Å². The summed E-state index contributed by atoms with van der Waals surface area (Å²) in [6, 6.07) is 8.52. The Balaban J connectivity index is 1.24. The first-order valence-electron chi connectivity index (χ1n) is 17.2. The molecule has 3 saturated heterocycles. The third kappa shape index (κ3) is 4.71. The SMILES string of the molecule is C#Cc1c(F)ccc2cccc(-c3nc4c5c(nc(OC[C@@]67CCCN6C[C@H](F)C7)nc5c3F)N(C[C@H]3CCCN3)C3CCCC3O4)c12. The van der Waals surface area contributed by atoms with E-state index < -0.39 is 23.3 Å². The lowest BCUT2D eigenvalue weighted by atomic mass is 9.95. The van der Waals surface area contributed by atoms with Crippen LogP contribution in [0.4, 0.5) is 19.0 Å². The molecule has 4 fully saturated rings. The van der Waals surface area contributed by atoms with Crippen LogP contribution in [0.25, 0.3) is 32.9 Å². The molecule has 5 aliphatic rings. The number of ether oxygens (including phenoxy) is 2. The highest BCUT2D eigenvalue weighted by Crippen LogP contribution is 2.46. The zero-order chi connectivity index (χ0) is 32.6. The minimum absolute atomic E-state index is 0.00445. The van der Waals surface area contributed by atoms with Crippen LogP contribution in [0.3, 0.4) is 0 Å². The van der Waals surface area contributed by atoms with E-state index in [1.165, 1.54) is 6.07 Å². The van der Waals surface area contributed by atoms with Crippen molar-refractivity contribution in [2.24, 2.45) is 0 Å². The molecule has 0 amide bonds. The topological polar surface area (TPSA) is 75.6 Å². The second kappa shape index (κ2) is 11.5. The Morgan fingerprint density at radius 1 is 1.06 bits per heavy atom. The average molecular weight is 655 g/mol. The van der Waals surface area contributed by atoms with Gasteiger partial charge < -0.3 is 19.7 Å². The lowest BCUT2D eigenvalue weighted by molar-refractivity contribution is 0.107. The van der Waals surface area contributed by atoms with Crippen LogP contribution in [0, 0.1) is 24.0 Å². The van der Waals surface area contributed by atoms with Crippen molar-refractivity contribution >= 4 is 27.5 Å². The lowest BCUT2D eigenvalue weighted by Crippen LogP contribution is -2.48. The van der Waals surface area contributed by atoms with Gasteiger partial charge in [0.1, 0.15) is 47.1 Å². The highest BCUT2D eigenvalue weighted by atomic mass is 19.1. The number of terminal acetylenes is 1. The Kier molecular flexibility index (Phi) is 7.17. The summed E-state index contributed by atoms with van der Waals surface area (Å²) in [7, 11) is 0. The third-order valence-corrected chi connectivity index (χ3v) is 11.3. The molecule has 0 spiro atoms. The van der Waals surface area contributed by atoms with E-state index in [2.05, 4.69) is 21.0 Å². The first kappa shape index (κ1) is 30.0. The predicted molar refractivity (Wildman–Crippen MR) is 177 cm³/mol. The van der Waals surface area contributed by atoms with Gasteiger partial charge in [0.25, 0.3) is 0 Å². The van der Waals surface area contributed by atoms with Gasteiger partial charge in [-0.2, -0.15) is 9.97 Å². The van der Waals surface area contributed by atoms with E-state index in [-0.39, 0.29) is 53.5 Å². The van der Waals surface area contributed by atoms with Crippen molar-refractivity contribution in [2.75, 3.05) is 37.7 Å². The van der Waals surface area contributed by atoms with Gasteiger partial charge in [-0.05, 0) is 69.5 Å². The van der Waals surface area contributed by atoms with Crippen LogP contribution < -0.4 is 19.7 Å². The van der Waals surface area contributed by atoms with E-state index in [0.29, 0.717) is 47.1 Å². The van der Waals surface area contributed by atoms with Crippen molar-refractivity contribution in [1.29, 1.82) is 0 Å². The number of aromatic nitrogens is 3. The average Bonchev–Trinajstić information content (AvgIpc) is 3.88. The summed E-state index contributed by atoms with van der Waals surface area (Å²) in [5.41, 5.74) is -0.0483. The molecular formula is C37H37F3N6O2. The monoisotopic (exact) mass is 654 g/mol. The molecule has 5 atom stereocenters. The van der Waals surface area contributed by atoms with Crippen LogP contribution >= 0.6 is 0 Å². The van der Waals surface area contributed by atoms with E-state index in [9.17, 15) is 4.39 Å². The van der Waals surface area contributed by atoms with Gasteiger partial charge in [0, 0.05) is 36.5 Å². The molecule has 0 bridgehead atoms. The molecule has 1 saturated carbocycles. The summed E-state index contributed by atoms with van der Waals surface area (Å²) in [5, 5.41) is 5.06.